The number of carbonyl (C=O) groups excluding carboxylic acids is 1. The van der Waals surface area contributed by atoms with Crippen molar-refractivity contribution in [3.8, 4) is 5.75 Å². The fourth-order valence-electron chi connectivity index (χ4n) is 4.19. The molecule has 0 aromatic carbocycles. The van der Waals surface area contributed by atoms with Crippen molar-refractivity contribution in [2.24, 2.45) is 5.92 Å². The quantitative estimate of drug-likeness (QED) is 0.779. The Labute approximate surface area is 164 Å². The van der Waals surface area contributed by atoms with Gasteiger partial charge >= 0.3 is 0 Å². The maximum absolute atomic E-state index is 12.5. The first-order chi connectivity index (χ1) is 13.2. The van der Waals surface area contributed by atoms with Gasteiger partial charge in [0, 0.05) is 31.3 Å². The average molecular weight is 387 g/mol. The predicted molar refractivity (Wildman–Crippen MR) is 105 cm³/mol. The van der Waals surface area contributed by atoms with Crippen LogP contribution in [0, 0.1) is 5.92 Å². The molecular formula is C21H26N2O3S. The van der Waals surface area contributed by atoms with E-state index in [9.17, 15) is 4.79 Å². The summed E-state index contributed by atoms with van der Waals surface area (Å²) in [6, 6.07) is 5.75. The van der Waals surface area contributed by atoms with Crippen molar-refractivity contribution < 1.29 is 14.3 Å². The van der Waals surface area contributed by atoms with Crippen LogP contribution in [0.15, 0.2) is 41.4 Å². The Bertz CT molecular complexity index is 727. The lowest BCUT2D eigenvalue weighted by atomic mass is 9.78. The van der Waals surface area contributed by atoms with Crippen molar-refractivity contribution >= 4 is 17.2 Å². The van der Waals surface area contributed by atoms with Crippen molar-refractivity contribution in [1.29, 1.82) is 0 Å². The number of carbonyl (C=O) groups is 1. The van der Waals surface area contributed by atoms with Gasteiger partial charge in [0.05, 0.1) is 24.0 Å². The first-order valence-electron chi connectivity index (χ1n) is 9.72. The van der Waals surface area contributed by atoms with Crippen LogP contribution >= 0.6 is 11.3 Å². The van der Waals surface area contributed by atoms with Crippen molar-refractivity contribution in [3.05, 3.63) is 46.9 Å². The van der Waals surface area contributed by atoms with E-state index in [0.29, 0.717) is 5.92 Å². The zero-order valence-corrected chi connectivity index (χ0v) is 16.3. The summed E-state index contributed by atoms with van der Waals surface area (Å²) < 4.78 is 12.1. The van der Waals surface area contributed by atoms with Crippen molar-refractivity contribution in [2.45, 2.75) is 37.7 Å². The highest BCUT2D eigenvalue weighted by molar-refractivity contribution is 7.08. The third kappa shape index (κ3) is 4.50. The summed E-state index contributed by atoms with van der Waals surface area (Å²) in [5, 5.41) is 3.89. The molecule has 0 bridgehead atoms. The van der Waals surface area contributed by atoms with Crippen molar-refractivity contribution in [1.82, 2.24) is 9.88 Å². The number of pyridine rings is 1. The number of nitrogens with zero attached hydrogens (tertiary/aromatic N) is 2. The van der Waals surface area contributed by atoms with Crippen LogP contribution in [0.25, 0.3) is 0 Å². The van der Waals surface area contributed by atoms with Gasteiger partial charge in [0.25, 0.3) is 5.91 Å². The highest BCUT2D eigenvalue weighted by Gasteiger charge is 2.41. The van der Waals surface area contributed by atoms with Gasteiger partial charge in [-0.3, -0.25) is 9.78 Å². The van der Waals surface area contributed by atoms with Gasteiger partial charge < -0.3 is 14.4 Å². The second-order valence-corrected chi connectivity index (χ2v) is 8.30. The van der Waals surface area contributed by atoms with Gasteiger partial charge in [-0.25, -0.2) is 0 Å². The minimum Gasteiger partial charge on any atom is -0.492 e. The van der Waals surface area contributed by atoms with E-state index in [1.54, 1.807) is 23.7 Å². The molecule has 2 fully saturated rings. The number of rotatable bonds is 5. The first kappa shape index (κ1) is 18.4. The smallest absolute Gasteiger partial charge is 0.254 e. The summed E-state index contributed by atoms with van der Waals surface area (Å²) in [6.07, 6.45) is 8.58. The van der Waals surface area contributed by atoms with Gasteiger partial charge in [-0.1, -0.05) is 0 Å². The van der Waals surface area contributed by atoms with E-state index >= 15 is 0 Å². The van der Waals surface area contributed by atoms with Crippen molar-refractivity contribution in [3.63, 3.8) is 0 Å². The highest BCUT2D eigenvalue weighted by Crippen LogP contribution is 2.39. The zero-order chi connectivity index (χ0) is 18.5. The molecule has 27 heavy (non-hydrogen) atoms. The van der Waals surface area contributed by atoms with Crippen LogP contribution in [0.5, 0.6) is 5.75 Å². The molecule has 2 aliphatic heterocycles. The molecule has 2 aliphatic rings. The number of amides is 1. The molecule has 0 aliphatic carbocycles. The number of hydrogen-bond acceptors (Lipinski definition) is 5. The number of thiophene rings is 1. The second-order valence-electron chi connectivity index (χ2n) is 7.52. The lowest BCUT2D eigenvalue weighted by Gasteiger charge is -2.46. The monoisotopic (exact) mass is 386 g/mol. The van der Waals surface area contributed by atoms with Crippen molar-refractivity contribution in [2.75, 3.05) is 26.3 Å². The number of piperidine rings is 1. The van der Waals surface area contributed by atoms with Gasteiger partial charge in [-0.05, 0) is 61.6 Å². The molecule has 1 unspecified atom stereocenters. The highest BCUT2D eigenvalue weighted by atomic mass is 32.1. The number of ether oxygens (including phenoxy) is 2. The third-order valence-electron chi connectivity index (χ3n) is 5.75. The SMILES string of the molecule is O=C(c1ccsc1)N1CCC2(CC1)CC(CCOc1cccnc1)CCO2. The van der Waals surface area contributed by atoms with E-state index in [1.165, 1.54) is 0 Å². The molecular weight excluding hydrogens is 360 g/mol. The maximum atomic E-state index is 12.5. The van der Waals surface area contributed by atoms with E-state index in [4.69, 9.17) is 9.47 Å². The molecule has 4 heterocycles. The molecule has 2 saturated heterocycles. The summed E-state index contributed by atoms with van der Waals surface area (Å²) in [5.74, 6) is 1.61. The Morgan fingerprint density at radius 2 is 2.26 bits per heavy atom. The van der Waals surface area contributed by atoms with E-state index < -0.39 is 0 Å². The topological polar surface area (TPSA) is 51.7 Å². The van der Waals surface area contributed by atoms with Crippen LogP contribution < -0.4 is 4.74 Å². The van der Waals surface area contributed by atoms with E-state index in [0.717, 1.165) is 69.7 Å². The number of aromatic nitrogens is 1. The summed E-state index contributed by atoms with van der Waals surface area (Å²) >= 11 is 1.57. The Kier molecular flexibility index (Phi) is 5.74. The summed E-state index contributed by atoms with van der Waals surface area (Å²) in [6.45, 7) is 3.10. The van der Waals surface area contributed by atoms with Crippen LogP contribution in [-0.2, 0) is 4.74 Å². The van der Waals surface area contributed by atoms with Crippen LogP contribution in [0.2, 0.25) is 0 Å². The Morgan fingerprint density at radius 3 is 3.00 bits per heavy atom. The van der Waals surface area contributed by atoms with Gasteiger partial charge in [0.2, 0.25) is 0 Å². The molecule has 6 heteroatoms. The lowest BCUT2D eigenvalue weighted by Crippen LogP contribution is -2.50. The standard InChI is InChI=1S/C21H26N2O3S/c24-20(18-5-13-27-16-18)23-9-6-21(7-10-23)14-17(4-12-26-21)3-11-25-19-2-1-8-22-15-19/h1-2,5,8,13,15-17H,3-4,6-7,9-12,14H2. The Morgan fingerprint density at radius 1 is 1.37 bits per heavy atom. The number of likely N-dealkylation sites (tertiary alicyclic amines) is 1. The summed E-state index contributed by atoms with van der Waals surface area (Å²) in [5.41, 5.74) is 0.758. The molecule has 0 N–H and O–H groups in total. The molecule has 1 atom stereocenters. The lowest BCUT2D eigenvalue weighted by molar-refractivity contribution is -0.125. The molecule has 2 aromatic rings. The molecule has 0 saturated carbocycles. The Balaban J connectivity index is 1.26. The first-order valence-corrected chi connectivity index (χ1v) is 10.7. The minimum atomic E-state index is -0.0529. The van der Waals surface area contributed by atoms with Gasteiger partial charge in [-0.2, -0.15) is 11.3 Å². The minimum absolute atomic E-state index is 0.0529. The molecule has 144 valence electrons. The summed E-state index contributed by atoms with van der Waals surface area (Å²) in [4.78, 5) is 18.6. The van der Waals surface area contributed by atoms with Gasteiger partial charge in [0.15, 0.2) is 0 Å². The van der Waals surface area contributed by atoms with Crippen LogP contribution in [0.1, 0.15) is 42.5 Å². The van der Waals surface area contributed by atoms with Gasteiger partial charge in [-0.15, -0.1) is 0 Å². The molecule has 5 nitrogen and oxygen atoms in total. The maximum Gasteiger partial charge on any atom is 0.254 e. The van der Waals surface area contributed by atoms with E-state index in [-0.39, 0.29) is 11.5 Å². The van der Waals surface area contributed by atoms with Crippen LogP contribution in [0.3, 0.4) is 0 Å². The second kappa shape index (κ2) is 8.40. The normalized spacial score (nSPS) is 21.9. The third-order valence-corrected chi connectivity index (χ3v) is 6.44. The molecule has 2 aromatic heterocycles. The molecule has 1 amide bonds. The van der Waals surface area contributed by atoms with E-state index in [2.05, 4.69) is 4.98 Å². The molecule has 0 radical (unpaired) electrons. The fourth-order valence-corrected chi connectivity index (χ4v) is 4.82. The van der Waals surface area contributed by atoms with Gasteiger partial charge in [0.1, 0.15) is 5.75 Å². The number of hydrogen-bond donors (Lipinski definition) is 0. The zero-order valence-electron chi connectivity index (χ0n) is 15.5. The fraction of sp³-hybridized carbons (Fsp3) is 0.524. The average Bonchev–Trinajstić information content (AvgIpc) is 3.24. The van der Waals surface area contributed by atoms with E-state index in [1.807, 2.05) is 33.9 Å². The summed E-state index contributed by atoms with van der Waals surface area (Å²) in [7, 11) is 0. The molecule has 4 rings (SSSR count). The Hall–Kier alpha value is -1.92. The predicted octanol–water partition coefficient (Wildman–Crippen LogP) is 4.01. The van der Waals surface area contributed by atoms with Crippen LogP contribution in [0.4, 0.5) is 0 Å². The largest absolute Gasteiger partial charge is 0.492 e. The van der Waals surface area contributed by atoms with Crippen LogP contribution in [-0.4, -0.2) is 47.7 Å². The molecule has 1 spiro atoms.